The van der Waals surface area contributed by atoms with Gasteiger partial charge in [0.15, 0.2) is 0 Å². The predicted octanol–water partition coefficient (Wildman–Crippen LogP) is 2.46. The molecule has 2 heterocycles. The van der Waals surface area contributed by atoms with Crippen molar-refractivity contribution in [3.8, 4) is 11.6 Å². The maximum absolute atomic E-state index is 11.5. The SMILES string of the molecule is Nc1ccc(Oc2nc[nH]c(=O)c2Br)c2cccnc12. The van der Waals surface area contributed by atoms with Gasteiger partial charge < -0.3 is 15.5 Å². The number of anilines is 1. The second-order valence-corrected chi connectivity index (χ2v) is 4.80. The summed E-state index contributed by atoms with van der Waals surface area (Å²) in [6.07, 6.45) is 2.93. The van der Waals surface area contributed by atoms with Crippen molar-refractivity contribution < 1.29 is 4.74 Å². The number of hydrogen-bond acceptors (Lipinski definition) is 5. The van der Waals surface area contributed by atoms with E-state index in [1.54, 1.807) is 24.4 Å². The molecule has 3 N–H and O–H groups in total. The van der Waals surface area contributed by atoms with Crippen LogP contribution in [0.1, 0.15) is 0 Å². The van der Waals surface area contributed by atoms with E-state index >= 15 is 0 Å². The first-order valence-electron chi connectivity index (χ1n) is 5.71. The highest BCUT2D eigenvalue weighted by Crippen LogP contribution is 2.32. The van der Waals surface area contributed by atoms with Crippen LogP contribution in [-0.4, -0.2) is 15.0 Å². The number of nitrogens with zero attached hydrogens (tertiary/aromatic N) is 2. The predicted molar refractivity (Wildman–Crippen MR) is 78.8 cm³/mol. The molecule has 0 saturated heterocycles. The Morgan fingerprint density at radius 2 is 2.10 bits per heavy atom. The largest absolute Gasteiger partial charge is 0.437 e. The standard InChI is InChI=1S/C13H9BrN4O2/c14-10-12(19)17-6-18-13(10)20-9-4-3-8(15)11-7(9)2-1-5-16-11/h1-6H,15H2,(H,17,18,19). The Morgan fingerprint density at radius 1 is 1.25 bits per heavy atom. The molecule has 0 radical (unpaired) electrons. The number of H-pyrrole nitrogens is 1. The van der Waals surface area contributed by atoms with Crippen molar-refractivity contribution in [2.45, 2.75) is 0 Å². The van der Waals surface area contributed by atoms with E-state index in [1.165, 1.54) is 6.33 Å². The van der Waals surface area contributed by atoms with Crippen LogP contribution in [0.2, 0.25) is 0 Å². The van der Waals surface area contributed by atoms with Gasteiger partial charge in [0.05, 0.1) is 17.5 Å². The fourth-order valence-electron chi connectivity index (χ4n) is 1.80. The normalized spacial score (nSPS) is 10.7. The first-order chi connectivity index (χ1) is 9.66. The van der Waals surface area contributed by atoms with Crippen LogP contribution in [0.5, 0.6) is 11.6 Å². The van der Waals surface area contributed by atoms with E-state index in [-0.39, 0.29) is 15.9 Å². The third kappa shape index (κ3) is 2.12. The molecule has 0 aliphatic rings. The molecule has 7 heteroatoms. The smallest absolute Gasteiger partial charge is 0.268 e. The number of aromatic amines is 1. The van der Waals surface area contributed by atoms with Crippen LogP contribution in [0.3, 0.4) is 0 Å². The number of nitrogen functional groups attached to an aromatic ring is 1. The minimum atomic E-state index is -0.312. The molecule has 0 aliphatic heterocycles. The van der Waals surface area contributed by atoms with Gasteiger partial charge in [0.2, 0.25) is 5.88 Å². The van der Waals surface area contributed by atoms with E-state index in [4.69, 9.17) is 10.5 Å². The van der Waals surface area contributed by atoms with Gasteiger partial charge in [-0.3, -0.25) is 9.78 Å². The maximum Gasteiger partial charge on any atom is 0.268 e. The Hall–Kier alpha value is -2.41. The highest BCUT2D eigenvalue weighted by molar-refractivity contribution is 9.10. The first kappa shape index (κ1) is 12.6. The molecule has 20 heavy (non-hydrogen) atoms. The Labute approximate surface area is 121 Å². The molecule has 3 rings (SSSR count). The second kappa shape index (κ2) is 4.93. The monoisotopic (exact) mass is 332 g/mol. The molecule has 6 nitrogen and oxygen atoms in total. The van der Waals surface area contributed by atoms with Gasteiger partial charge in [-0.1, -0.05) is 0 Å². The van der Waals surface area contributed by atoms with Crippen molar-refractivity contribution in [3.05, 3.63) is 51.6 Å². The van der Waals surface area contributed by atoms with Crippen LogP contribution in [0.15, 0.2) is 46.1 Å². The lowest BCUT2D eigenvalue weighted by Gasteiger charge is -2.09. The maximum atomic E-state index is 11.5. The highest BCUT2D eigenvalue weighted by Gasteiger charge is 2.11. The zero-order valence-corrected chi connectivity index (χ0v) is 11.7. The summed E-state index contributed by atoms with van der Waals surface area (Å²) in [5.74, 6) is 0.713. The average molecular weight is 333 g/mol. The van der Waals surface area contributed by atoms with Gasteiger partial charge in [0.25, 0.3) is 5.56 Å². The molecule has 0 spiro atoms. The number of halogens is 1. The molecule has 0 bridgehead atoms. The second-order valence-electron chi connectivity index (χ2n) is 4.01. The lowest BCUT2D eigenvalue weighted by Crippen LogP contribution is -2.08. The van der Waals surface area contributed by atoms with E-state index < -0.39 is 0 Å². The zero-order valence-electron chi connectivity index (χ0n) is 10.1. The van der Waals surface area contributed by atoms with Crippen molar-refractivity contribution >= 4 is 32.5 Å². The molecule has 0 unspecified atom stereocenters. The van der Waals surface area contributed by atoms with Crippen LogP contribution >= 0.6 is 15.9 Å². The van der Waals surface area contributed by atoms with Gasteiger partial charge in [-0.25, -0.2) is 4.98 Å². The van der Waals surface area contributed by atoms with E-state index in [0.717, 1.165) is 5.39 Å². The minimum Gasteiger partial charge on any atom is -0.437 e. The molecule has 0 atom stereocenters. The van der Waals surface area contributed by atoms with Crippen molar-refractivity contribution in [2.75, 3.05) is 5.73 Å². The molecule has 0 aliphatic carbocycles. The first-order valence-corrected chi connectivity index (χ1v) is 6.50. The average Bonchev–Trinajstić information content (AvgIpc) is 2.47. The Morgan fingerprint density at radius 3 is 2.95 bits per heavy atom. The number of fused-ring (bicyclic) bond motifs is 1. The lowest BCUT2D eigenvalue weighted by atomic mass is 10.2. The van der Waals surface area contributed by atoms with E-state index in [1.807, 2.05) is 6.07 Å². The van der Waals surface area contributed by atoms with Crippen molar-refractivity contribution in [1.29, 1.82) is 0 Å². The van der Waals surface area contributed by atoms with Crippen LogP contribution in [0, 0.1) is 0 Å². The fraction of sp³-hybridized carbons (Fsp3) is 0. The molecular weight excluding hydrogens is 324 g/mol. The van der Waals surface area contributed by atoms with Crippen molar-refractivity contribution in [2.24, 2.45) is 0 Å². The minimum absolute atomic E-state index is 0.184. The van der Waals surface area contributed by atoms with Crippen LogP contribution in [0.4, 0.5) is 5.69 Å². The molecule has 100 valence electrons. The number of rotatable bonds is 2. The van der Waals surface area contributed by atoms with Crippen LogP contribution in [0.25, 0.3) is 10.9 Å². The van der Waals surface area contributed by atoms with Crippen molar-refractivity contribution in [3.63, 3.8) is 0 Å². The summed E-state index contributed by atoms with van der Waals surface area (Å²) in [6, 6.07) is 7.05. The van der Waals surface area contributed by atoms with Gasteiger partial charge >= 0.3 is 0 Å². The summed E-state index contributed by atoms with van der Waals surface area (Å²) in [4.78, 5) is 22.1. The lowest BCUT2D eigenvalue weighted by molar-refractivity contribution is 0.462. The Bertz CT molecular complexity index is 847. The number of pyridine rings is 1. The summed E-state index contributed by atoms with van der Waals surface area (Å²) in [6.45, 7) is 0. The number of aromatic nitrogens is 3. The van der Waals surface area contributed by atoms with Gasteiger partial charge in [0.1, 0.15) is 10.2 Å². The third-order valence-corrected chi connectivity index (χ3v) is 3.43. The molecule has 0 fully saturated rings. The highest BCUT2D eigenvalue weighted by atomic mass is 79.9. The fourth-order valence-corrected chi connectivity index (χ4v) is 2.10. The van der Waals surface area contributed by atoms with Gasteiger partial charge in [-0.2, -0.15) is 0 Å². The van der Waals surface area contributed by atoms with E-state index in [0.29, 0.717) is 17.0 Å². The third-order valence-electron chi connectivity index (χ3n) is 2.73. The van der Waals surface area contributed by atoms with Gasteiger partial charge in [0, 0.05) is 11.6 Å². The number of hydrogen-bond donors (Lipinski definition) is 2. The molecular formula is C13H9BrN4O2. The van der Waals surface area contributed by atoms with E-state index in [2.05, 4.69) is 30.9 Å². The van der Waals surface area contributed by atoms with Crippen LogP contribution in [-0.2, 0) is 0 Å². The topological polar surface area (TPSA) is 93.9 Å². The van der Waals surface area contributed by atoms with Crippen LogP contribution < -0.4 is 16.0 Å². The summed E-state index contributed by atoms with van der Waals surface area (Å²) >= 11 is 3.14. The zero-order chi connectivity index (χ0) is 14.1. The van der Waals surface area contributed by atoms with Gasteiger partial charge in [-0.15, -0.1) is 0 Å². The molecule has 0 saturated carbocycles. The van der Waals surface area contributed by atoms with Gasteiger partial charge in [-0.05, 0) is 40.2 Å². The number of benzene rings is 1. The number of ether oxygens (including phenoxy) is 1. The molecule has 2 aromatic heterocycles. The van der Waals surface area contributed by atoms with Crippen molar-refractivity contribution in [1.82, 2.24) is 15.0 Å². The summed E-state index contributed by atoms with van der Waals surface area (Å²) in [7, 11) is 0. The summed E-state index contributed by atoms with van der Waals surface area (Å²) in [5, 5.41) is 0.751. The van der Waals surface area contributed by atoms with E-state index in [9.17, 15) is 4.79 Å². The quantitative estimate of drug-likeness (QED) is 0.703. The number of nitrogens with two attached hydrogens (primary N) is 1. The molecule has 0 amide bonds. The Balaban J connectivity index is 2.14. The summed E-state index contributed by atoms with van der Waals surface area (Å²) < 4.78 is 5.92. The molecule has 1 aromatic carbocycles. The molecule has 3 aromatic rings. The Kier molecular flexibility index (Phi) is 3.11. The summed E-state index contributed by atoms with van der Waals surface area (Å²) in [5.41, 5.74) is 6.77. The number of nitrogens with one attached hydrogen (secondary N) is 1.